The molecule has 0 N–H and O–H groups in total. The molecule has 0 aliphatic heterocycles. The minimum absolute atomic E-state index is 0.191. The summed E-state index contributed by atoms with van der Waals surface area (Å²) in [5.74, 6) is -0.191. The van der Waals surface area contributed by atoms with Gasteiger partial charge in [0, 0.05) is 0 Å². The lowest BCUT2D eigenvalue weighted by molar-refractivity contribution is -0.918. The van der Waals surface area contributed by atoms with Gasteiger partial charge in [0.1, 0.15) is 10.1 Å². The van der Waals surface area contributed by atoms with E-state index in [2.05, 4.69) is 20.8 Å². The van der Waals surface area contributed by atoms with Crippen LogP contribution in [-0.4, -0.2) is 43.0 Å². The Balaban J connectivity index is 4.52. The highest BCUT2D eigenvalue weighted by molar-refractivity contribution is 7.85. The molecule has 0 saturated carbocycles. The lowest BCUT2D eigenvalue weighted by Crippen LogP contribution is -2.53. The molecule has 0 fully saturated rings. The van der Waals surface area contributed by atoms with Crippen molar-refractivity contribution in [3.8, 4) is 0 Å². The molecule has 0 bridgehead atoms. The Kier molecular flexibility index (Phi) is 51.2. The van der Waals surface area contributed by atoms with E-state index in [4.69, 9.17) is 0 Å². The van der Waals surface area contributed by atoms with Crippen LogP contribution in [0.25, 0.3) is 0 Å². The van der Waals surface area contributed by atoms with Crippen molar-refractivity contribution in [3.63, 3.8) is 0 Å². The van der Waals surface area contributed by atoms with E-state index < -0.39 is 10.1 Å². The molecular formula is C58H119NO3S. The molecule has 0 rings (SSSR count). The molecule has 63 heavy (non-hydrogen) atoms. The van der Waals surface area contributed by atoms with Gasteiger partial charge < -0.3 is 9.04 Å². The number of hydrogen-bond donors (Lipinski definition) is 0. The Labute approximate surface area is 399 Å². The molecule has 0 spiro atoms. The monoisotopic (exact) mass is 910 g/mol. The molecule has 5 heteroatoms. The molecule has 0 amide bonds. The average Bonchev–Trinajstić information content (AvgIpc) is 3.26. The maximum absolute atomic E-state index is 12.4. The van der Waals surface area contributed by atoms with Gasteiger partial charge in [-0.15, -0.1) is 0 Å². The third-order valence-electron chi connectivity index (χ3n) is 14.6. The second-order valence-corrected chi connectivity index (χ2v) is 22.5. The maximum atomic E-state index is 12.4. The summed E-state index contributed by atoms with van der Waals surface area (Å²) in [6.45, 7) is 9.51. The van der Waals surface area contributed by atoms with E-state index in [1.54, 1.807) is 0 Å². The van der Waals surface area contributed by atoms with Crippen LogP contribution >= 0.6 is 0 Å². The summed E-state index contributed by atoms with van der Waals surface area (Å²) in [6, 6.07) is 0. The molecule has 0 aromatic heterocycles. The summed E-state index contributed by atoms with van der Waals surface area (Å²) in [5, 5.41) is 0. The van der Waals surface area contributed by atoms with E-state index in [1.165, 1.54) is 308 Å². The van der Waals surface area contributed by atoms with Gasteiger partial charge in [-0.05, 0) is 38.5 Å². The second kappa shape index (κ2) is 51.3. The Morgan fingerprint density at radius 1 is 0.238 bits per heavy atom. The van der Waals surface area contributed by atoms with Gasteiger partial charge in [-0.2, -0.15) is 0 Å². The number of hydrogen-bond acceptors (Lipinski definition) is 3. The fourth-order valence-electron chi connectivity index (χ4n) is 10.4. The molecule has 4 nitrogen and oxygen atoms in total. The Hall–Kier alpha value is -0.130. The number of nitrogens with zero attached hydrogens (tertiary/aromatic N) is 1. The fourth-order valence-corrected chi connectivity index (χ4v) is 11.4. The fraction of sp³-hybridized carbons (Fsp3) is 1.00. The summed E-state index contributed by atoms with van der Waals surface area (Å²) in [4.78, 5) is 0. The molecule has 0 unspecified atom stereocenters. The van der Waals surface area contributed by atoms with Crippen LogP contribution in [0.15, 0.2) is 0 Å². The summed E-state index contributed by atoms with van der Waals surface area (Å²) < 4.78 is 37.8. The highest BCUT2D eigenvalue weighted by Crippen LogP contribution is 2.22. The summed E-state index contributed by atoms with van der Waals surface area (Å²) >= 11 is 0. The van der Waals surface area contributed by atoms with Gasteiger partial charge in [0.25, 0.3) is 0 Å². The SMILES string of the molecule is CCCCCCCCCCCCCCCCCCC[N+](CCCCCCCCCCCCCCCCCCC)(CCCCCCCCCCCCCCCCCCC)CS(=O)(=O)[O-]. The second-order valence-electron chi connectivity index (χ2n) is 21.2. The molecule has 0 heterocycles. The predicted octanol–water partition coefficient (Wildman–Crippen LogP) is 20.3. The van der Waals surface area contributed by atoms with Crippen molar-refractivity contribution in [1.29, 1.82) is 0 Å². The van der Waals surface area contributed by atoms with E-state index in [-0.39, 0.29) is 5.88 Å². The Bertz CT molecular complexity index is 861. The average molecular weight is 911 g/mol. The van der Waals surface area contributed by atoms with E-state index in [0.29, 0.717) is 4.48 Å². The van der Waals surface area contributed by atoms with Crippen molar-refractivity contribution in [3.05, 3.63) is 0 Å². The zero-order chi connectivity index (χ0) is 45.9. The van der Waals surface area contributed by atoms with E-state index in [1.807, 2.05) is 0 Å². The molecule has 0 atom stereocenters. The van der Waals surface area contributed by atoms with Crippen LogP contribution in [0.4, 0.5) is 0 Å². The standard InChI is InChI=1S/C58H119NO3S/c1-4-7-10-13-16-19-22-25-28-31-34-37-40-43-46-49-52-55-59(58-63(60,61)62,56-53-50-47-44-41-38-35-32-29-26-23-20-17-14-11-8-5-2)57-54-51-48-45-42-39-36-33-30-27-24-21-18-15-12-9-6-3/h4-58H2,1-3H3. The molecular weight excluding hydrogens is 791 g/mol. The zero-order valence-corrected chi connectivity index (χ0v) is 44.8. The smallest absolute Gasteiger partial charge is 0.169 e. The van der Waals surface area contributed by atoms with Crippen molar-refractivity contribution < 1.29 is 17.5 Å². The Morgan fingerprint density at radius 2 is 0.365 bits per heavy atom. The maximum Gasteiger partial charge on any atom is 0.169 e. The first-order valence-corrected chi connectivity index (χ1v) is 31.3. The summed E-state index contributed by atoms with van der Waals surface area (Å²) in [7, 11) is -4.28. The van der Waals surface area contributed by atoms with E-state index >= 15 is 0 Å². The predicted molar refractivity (Wildman–Crippen MR) is 282 cm³/mol. The molecule has 0 aliphatic carbocycles. The van der Waals surface area contributed by atoms with Gasteiger partial charge in [-0.3, -0.25) is 0 Å². The third-order valence-corrected chi connectivity index (χ3v) is 15.5. The van der Waals surface area contributed by atoms with Crippen LogP contribution in [0.3, 0.4) is 0 Å². The van der Waals surface area contributed by atoms with Crippen LogP contribution in [-0.2, 0) is 10.1 Å². The van der Waals surface area contributed by atoms with Gasteiger partial charge in [-0.25, -0.2) is 8.42 Å². The summed E-state index contributed by atoms with van der Waals surface area (Å²) in [6.07, 6.45) is 69.1. The number of unbranched alkanes of at least 4 members (excludes halogenated alkanes) is 48. The zero-order valence-electron chi connectivity index (χ0n) is 44.0. The molecule has 0 aromatic rings. The molecule has 380 valence electrons. The van der Waals surface area contributed by atoms with Gasteiger partial charge in [0.2, 0.25) is 0 Å². The van der Waals surface area contributed by atoms with Crippen LogP contribution in [0.2, 0.25) is 0 Å². The molecule has 0 radical (unpaired) electrons. The quantitative estimate of drug-likeness (QED) is 0.0347. The van der Waals surface area contributed by atoms with Crippen molar-refractivity contribution in [2.24, 2.45) is 0 Å². The normalized spacial score (nSPS) is 12.3. The Morgan fingerprint density at radius 3 is 0.492 bits per heavy atom. The number of rotatable bonds is 56. The van der Waals surface area contributed by atoms with Gasteiger partial charge >= 0.3 is 0 Å². The lowest BCUT2D eigenvalue weighted by Gasteiger charge is -2.39. The van der Waals surface area contributed by atoms with Crippen molar-refractivity contribution in [2.45, 2.75) is 348 Å². The third kappa shape index (κ3) is 51.1. The van der Waals surface area contributed by atoms with Gasteiger partial charge in [0.15, 0.2) is 5.88 Å². The largest absolute Gasteiger partial charge is 0.744 e. The topological polar surface area (TPSA) is 57.2 Å². The minimum Gasteiger partial charge on any atom is -0.744 e. The van der Waals surface area contributed by atoms with Gasteiger partial charge in [0.05, 0.1) is 19.6 Å². The molecule has 0 aromatic carbocycles. The highest BCUT2D eigenvalue weighted by atomic mass is 32.2. The lowest BCUT2D eigenvalue weighted by atomic mass is 10.0. The van der Waals surface area contributed by atoms with Crippen molar-refractivity contribution >= 4 is 10.1 Å². The van der Waals surface area contributed by atoms with Crippen LogP contribution in [0.5, 0.6) is 0 Å². The first kappa shape index (κ1) is 62.9. The van der Waals surface area contributed by atoms with E-state index in [9.17, 15) is 13.0 Å². The molecule has 0 saturated heterocycles. The molecule has 0 aliphatic rings. The first-order valence-electron chi connectivity index (χ1n) is 29.7. The van der Waals surface area contributed by atoms with Crippen LogP contribution < -0.4 is 0 Å². The summed E-state index contributed by atoms with van der Waals surface area (Å²) in [5.41, 5.74) is 0. The first-order chi connectivity index (χ1) is 30.9. The van der Waals surface area contributed by atoms with Gasteiger partial charge in [-0.1, -0.05) is 310 Å². The van der Waals surface area contributed by atoms with Crippen molar-refractivity contribution in [2.75, 3.05) is 25.5 Å². The highest BCUT2D eigenvalue weighted by Gasteiger charge is 2.29. The number of quaternary nitrogens is 1. The van der Waals surface area contributed by atoms with Crippen molar-refractivity contribution in [1.82, 2.24) is 0 Å². The van der Waals surface area contributed by atoms with E-state index in [0.717, 1.165) is 38.9 Å². The van der Waals surface area contributed by atoms with Crippen LogP contribution in [0, 0.1) is 0 Å². The minimum atomic E-state index is -4.28. The van der Waals surface area contributed by atoms with Crippen LogP contribution in [0.1, 0.15) is 348 Å².